The lowest BCUT2D eigenvalue weighted by molar-refractivity contribution is -0.118. The minimum atomic E-state index is -0.954. The van der Waals surface area contributed by atoms with Crippen LogP contribution in [0.3, 0.4) is 0 Å². The van der Waals surface area contributed by atoms with Crippen molar-refractivity contribution in [3.8, 4) is 0 Å². The summed E-state index contributed by atoms with van der Waals surface area (Å²) >= 11 is 0. The van der Waals surface area contributed by atoms with Crippen molar-refractivity contribution in [2.24, 2.45) is 0 Å². The third-order valence-electron chi connectivity index (χ3n) is 1.21. The second kappa shape index (κ2) is 10.6. The minimum Gasteiger partial charge on any atom is -0.394 e. The Kier molecular flexibility index (Phi) is 12.4. The molecular weight excluding hydrogens is 160 g/mol. The number of hydrogen-bond acceptors (Lipinski definition) is 4. The molecule has 4 nitrogen and oxygen atoms in total. The summed E-state index contributed by atoms with van der Waals surface area (Å²) in [6, 6.07) is 0. The highest BCUT2D eigenvalue weighted by Gasteiger charge is 1.93. The fourth-order valence-corrected chi connectivity index (χ4v) is 0.308. The maximum Gasteiger partial charge on any atom is 0.132 e. The summed E-state index contributed by atoms with van der Waals surface area (Å²) in [7, 11) is 0. The predicted molar refractivity (Wildman–Crippen MR) is 45.8 cm³/mol. The fourth-order valence-electron chi connectivity index (χ4n) is 0.308. The third kappa shape index (κ3) is 12.2. The Morgan fingerprint density at radius 2 is 1.50 bits per heavy atom. The van der Waals surface area contributed by atoms with Gasteiger partial charge in [-0.1, -0.05) is 13.8 Å². The fraction of sp³-hybridized carbons (Fsp3) is 0.875. The van der Waals surface area contributed by atoms with E-state index in [0.717, 1.165) is 0 Å². The summed E-state index contributed by atoms with van der Waals surface area (Å²) < 4.78 is 0. The Bertz CT molecular complexity index is 93.2. The average Bonchev–Trinajstić information content (AvgIpc) is 2.16. The molecule has 0 radical (unpaired) electrons. The van der Waals surface area contributed by atoms with E-state index in [1.165, 1.54) is 0 Å². The molecule has 0 aliphatic rings. The quantitative estimate of drug-likeness (QED) is 0.552. The largest absolute Gasteiger partial charge is 0.394 e. The molecule has 0 aromatic carbocycles. The highest BCUT2D eigenvalue weighted by Crippen LogP contribution is 1.83. The molecule has 3 N–H and O–H groups in total. The molecule has 0 unspecified atom stereocenters. The molecule has 0 amide bonds. The zero-order chi connectivity index (χ0) is 9.98. The van der Waals surface area contributed by atoms with Crippen LogP contribution in [0.15, 0.2) is 0 Å². The molecule has 74 valence electrons. The van der Waals surface area contributed by atoms with Gasteiger partial charge in [0.1, 0.15) is 11.9 Å². The van der Waals surface area contributed by atoms with Crippen molar-refractivity contribution in [1.82, 2.24) is 0 Å². The molecule has 0 aliphatic heterocycles. The van der Waals surface area contributed by atoms with Gasteiger partial charge in [0.25, 0.3) is 0 Å². The van der Waals surface area contributed by atoms with Crippen molar-refractivity contribution in [3.63, 3.8) is 0 Å². The Hall–Kier alpha value is -0.450. The first-order valence-electron chi connectivity index (χ1n) is 4.03. The van der Waals surface area contributed by atoms with Crippen LogP contribution in [0, 0.1) is 0 Å². The molecule has 0 fully saturated rings. The van der Waals surface area contributed by atoms with Gasteiger partial charge < -0.3 is 15.3 Å². The zero-order valence-corrected chi connectivity index (χ0v) is 7.66. The minimum absolute atomic E-state index is 0.343. The van der Waals surface area contributed by atoms with Gasteiger partial charge in [-0.15, -0.1) is 0 Å². The summed E-state index contributed by atoms with van der Waals surface area (Å²) in [5, 5.41) is 24.0. The van der Waals surface area contributed by atoms with Crippen LogP contribution in [-0.2, 0) is 4.79 Å². The Labute approximate surface area is 72.8 Å². The Balaban J connectivity index is 0. The summed E-state index contributed by atoms with van der Waals surface area (Å²) in [4.78, 5) is 10.2. The van der Waals surface area contributed by atoms with Crippen molar-refractivity contribution in [2.45, 2.75) is 32.8 Å². The van der Waals surface area contributed by atoms with Crippen molar-refractivity contribution >= 4 is 5.78 Å². The summed E-state index contributed by atoms with van der Waals surface area (Å²) in [6.07, 6.45) is 0.428. The molecule has 0 bridgehead atoms. The van der Waals surface area contributed by atoms with Gasteiger partial charge in [-0.3, -0.25) is 4.79 Å². The SMILES string of the molecule is CCC(=O)CC.OCC(O)CO. The molecule has 0 rings (SSSR count). The Morgan fingerprint density at radius 1 is 1.17 bits per heavy atom. The monoisotopic (exact) mass is 178 g/mol. The van der Waals surface area contributed by atoms with Crippen molar-refractivity contribution in [3.05, 3.63) is 0 Å². The van der Waals surface area contributed by atoms with E-state index in [9.17, 15) is 4.79 Å². The van der Waals surface area contributed by atoms with E-state index in [0.29, 0.717) is 18.6 Å². The molecule has 4 heteroatoms. The predicted octanol–water partition coefficient (Wildman–Crippen LogP) is -0.293. The molecule has 0 aromatic heterocycles. The zero-order valence-electron chi connectivity index (χ0n) is 7.66. The summed E-state index contributed by atoms with van der Waals surface area (Å²) in [5.41, 5.74) is 0. The van der Waals surface area contributed by atoms with Gasteiger partial charge in [0.15, 0.2) is 0 Å². The number of hydrogen-bond donors (Lipinski definition) is 3. The van der Waals surface area contributed by atoms with Gasteiger partial charge >= 0.3 is 0 Å². The van der Waals surface area contributed by atoms with E-state index in [4.69, 9.17) is 15.3 Å². The van der Waals surface area contributed by atoms with Gasteiger partial charge in [0.05, 0.1) is 13.2 Å². The molecular formula is C8H18O4. The normalized spacial score (nSPS) is 9.17. The van der Waals surface area contributed by atoms with E-state index >= 15 is 0 Å². The van der Waals surface area contributed by atoms with Gasteiger partial charge in [0.2, 0.25) is 0 Å². The molecule has 0 aliphatic carbocycles. The second-order valence-corrected chi connectivity index (χ2v) is 2.26. The lowest BCUT2D eigenvalue weighted by Crippen LogP contribution is -2.15. The third-order valence-corrected chi connectivity index (χ3v) is 1.21. The maximum absolute atomic E-state index is 10.2. The summed E-state index contributed by atoms with van der Waals surface area (Å²) in [5.74, 6) is 0.343. The van der Waals surface area contributed by atoms with E-state index in [2.05, 4.69) is 0 Å². The van der Waals surface area contributed by atoms with Crippen LogP contribution in [0.1, 0.15) is 26.7 Å². The van der Waals surface area contributed by atoms with Crippen LogP contribution < -0.4 is 0 Å². The average molecular weight is 178 g/mol. The standard InChI is InChI=1S/C5H10O.C3H8O3/c1-3-5(6)4-2;4-1-3(6)2-5/h3-4H2,1-2H3;3-6H,1-2H2. The van der Waals surface area contributed by atoms with Crippen LogP contribution in [-0.4, -0.2) is 40.4 Å². The molecule has 0 atom stereocenters. The van der Waals surface area contributed by atoms with Crippen LogP contribution in [0.25, 0.3) is 0 Å². The Morgan fingerprint density at radius 3 is 1.50 bits per heavy atom. The molecule has 0 heterocycles. The van der Waals surface area contributed by atoms with E-state index in [-0.39, 0.29) is 13.2 Å². The first kappa shape index (κ1) is 14.1. The maximum atomic E-state index is 10.2. The number of aliphatic hydroxyl groups is 3. The molecule has 0 aromatic rings. The van der Waals surface area contributed by atoms with Crippen molar-refractivity contribution < 1.29 is 20.1 Å². The van der Waals surface area contributed by atoms with Crippen LogP contribution in [0.4, 0.5) is 0 Å². The van der Waals surface area contributed by atoms with Crippen LogP contribution in [0.2, 0.25) is 0 Å². The van der Waals surface area contributed by atoms with Crippen molar-refractivity contribution in [1.29, 1.82) is 0 Å². The number of Topliss-reactive ketones (excluding diaryl/α,β-unsaturated/α-hetero) is 1. The van der Waals surface area contributed by atoms with E-state index in [1.807, 2.05) is 13.8 Å². The first-order valence-corrected chi connectivity index (χ1v) is 4.03. The number of aliphatic hydroxyl groups excluding tert-OH is 3. The number of ketones is 1. The van der Waals surface area contributed by atoms with Crippen molar-refractivity contribution in [2.75, 3.05) is 13.2 Å². The smallest absolute Gasteiger partial charge is 0.132 e. The first-order chi connectivity index (χ1) is 5.62. The van der Waals surface area contributed by atoms with Gasteiger partial charge in [-0.25, -0.2) is 0 Å². The lowest BCUT2D eigenvalue weighted by Gasteiger charge is -1.96. The second-order valence-electron chi connectivity index (χ2n) is 2.26. The van der Waals surface area contributed by atoms with E-state index < -0.39 is 6.10 Å². The van der Waals surface area contributed by atoms with Gasteiger partial charge in [-0.2, -0.15) is 0 Å². The molecule has 12 heavy (non-hydrogen) atoms. The van der Waals surface area contributed by atoms with E-state index in [1.54, 1.807) is 0 Å². The summed E-state index contributed by atoms with van der Waals surface area (Å²) in [6.45, 7) is 3.03. The number of carbonyl (C=O) groups is 1. The van der Waals surface area contributed by atoms with Gasteiger partial charge in [-0.05, 0) is 0 Å². The topological polar surface area (TPSA) is 77.8 Å². The number of carbonyl (C=O) groups excluding carboxylic acids is 1. The molecule has 0 saturated carbocycles. The lowest BCUT2D eigenvalue weighted by atomic mass is 10.3. The molecule has 0 saturated heterocycles. The van der Waals surface area contributed by atoms with Crippen LogP contribution >= 0.6 is 0 Å². The molecule has 0 spiro atoms. The highest BCUT2D eigenvalue weighted by atomic mass is 16.3. The van der Waals surface area contributed by atoms with Gasteiger partial charge in [0, 0.05) is 12.8 Å². The number of rotatable bonds is 4. The van der Waals surface area contributed by atoms with Crippen LogP contribution in [0.5, 0.6) is 0 Å². The highest BCUT2D eigenvalue weighted by molar-refractivity contribution is 5.77.